The standard InChI is InChI=1S/C12H18F2N2/c1-3-7-16(2)11(8-15)12-9(13)5-4-6-10(12)14/h4-6,11H,3,7-8,15H2,1-2H3. The number of nitrogens with zero attached hydrogens (tertiary/aromatic N) is 1. The first-order valence-corrected chi connectivity index (χ1v) is 5.46. The van der Waals surface area contributed by atoms with Gasteiger partial charge in [-0.3, -0.25) is 4.90 Å². The van der Waals surface area contributed by atoms with Gasteiger partial charge in [0.2, 0.25) is 0 Å². The monoisotopic (exact) mass is 228 g/mol. The summed E-state index contributed by atoms with van der Waals surface area (Å²) in [5, 5.41) is 0. The number of halogens is 2. The van der Waals surface area contributed by atoms with Gasteiger partial charge in [-0.15, -0.1) is 0 Å². The summed E-state index contributed by atoms with van der Waals surface area (Å²) in [6, 6.07) is 3.49. The SMILES string of the molecule is CCCN(C)C(CN)c1c(F)cccc1F. The summed E-state index contributed by atoms with van der Waals surface area (Å²) in [6.45, 7) is 2.98. The first-order valence-electron chi connectivity index (χ1n) is 5.46. The Bertz CT molecular complexity index is 322. The topological polar surface area (TPSA) is 29.3 Å². The highest BCUT2D eigenvalue weighted by atomic mass is 19.1. The molecule has 1 unspecified atom stereocenters. The summed E-state index contributed by atoms with van der Waals surface area (Å²) in [6.07, 6.45) is 0.920. The largest absolute Gasteiger partial charge is 0.329 e. The third-order valence-electron chi connectivity index (χ3n) is 2.66. The van der Waals surface area contributed by atoms with E-state index in [1.165, 1.54) is 18.2 Å². The van der Waals surface area contributed by atoms with Crippen molar-refractivity contribution in [1.82, 2.24) is 4.90 Å². The first kappa shape index (κ1) is 13.1. The zero-order chi connectivity index (χ0) is 12.1. The Morgan fingerprint density at radius 3 is 2.31 bits per heavy atom. The molecule has 0 saturated heterocycles. The quantitative estimate of drug-likeness (QED) is 0.838. The zero-order valence-corrected chi connectivity index (χ0v) is 9.71. The zero-order valence-electron chi connectivity index (χ0n) is 9.71. The van der Waals surface area contributed by atoms with Crippen molar-refractivity contribution in [3.8, 4) is 0 Å². The van der Waals surface area contributed by atoms with E-state index >= 15 is 0 Å². The molecule has 16 heavy (non-hydrogen) atoms. The van der Waals surface area contributed by atoms with Crippen molar-refractivity contribution in [1.29, 1.82) is 0 Å². The lowest BCUT2D eigenvalue weighted by Gasteiger charge is -2.27. The van der Waals surface area contributed by atoms with E-state index in [-0.39, 0.29) is 12.1 Å². The molecule has 1 rings (SSSR count). The Morgan fingerprint density at radius 2 is 1.88 bits per heavy atom. The minimum Gasteiger partial charge on any atom is -0.329 e. The van der Waals surface area contributed by atoms with Crippen LogP contribution in [0.4, 0.5) is 8.78 Å². The lowest BCUT2D eigenvalue weighted by atomic mass is 10.0. The van der Waals surface area contributed by atoms with E-state index in [1.54, 1.807) is 0 Å². The molecule has 0 aliphatic rings. The van der Waals surface area contributed by atoms with E-state index < -0.39 is 17.7 Å². The molecule has 4 heteroatoms. The molecule has 0 aliphatic heterocycles. The molecular weight excluding hydrogens is 210 g/mol. The average Bonchev–Trinajstić information content (AvgIpc) is 2.24. The number of hydrogen-bond acceptors (Lipinski definition) is 2. The van der Waals surface area contributed by atoms with Crippen molar-refractivity contribution in [3.63, 3.8) is 0 Å². The number of hydrogen-bond donors (Lipinski definition) is 1. The van der Waals surface area contributed by atoms with Crippen molar-refractivity contribution >= 4 is 0 Å². The highest BCUT2D eigenvalue weighted by molar-refractivity contribution is 5.23. The highest BCUT2D eigenvalue weighted by Crippen LogP contribution is 2.24. The van der Waals surface area contributed by atoms with Gasteiger partial charge < -0.3 is 5.73 Å². The maximum Gasteiger partial charge on any atom is 0.130 e. The Hall–Kier alpha value is -1.00. The highest BCUT2D eigenvalue weighted by Gasteiger charge is 2.21. The summed E-state index contributed by atoms with van der Waals surface area (Å²) >= 11 is 0. The molecule has 0 bridgehead atoms. The first-order chi connectivity index (χ1) is 7.61. The minimum absolute atomic E-state index is 0.0703. The van der Waals surface area contributed by atoms with E-state index in [0.717, 1.165) is 13.0 Å². The summed E-state index contributed by atoms with van der Waals surface area (Å²) in [5.41, 5.74) is 5.67. The molecule has 0 radical (unpaired) electrons. The van der Waals surface area contributed by atoms with Crippen molar-refractivity contribution in [2.24, 2.45) is 5.73 Å². The second-order valence-corrected chi connectivity index (χ2v) is 3.87. The van der Waals surface area contributed by atoms with Crippen LogP contribution in [0.25, 0.3) is 0 Å². The average molecular weight is 228 g/mol. The van der Waals surface area contributed by atoms with Crippen LogP contribution in [-0.4, -0.2) is 25.0 Å². The van der Waals surface area contributed by atoms with E-state index in [4.69, 9.17) is 5.73 Å². The summed E-state index contributed by atoms with van der Waals surface area (Å²) in [5.74, 6) is -1.06. The molecule has 0 aliphatic carbocycles. The van der Waals surface area contributed by atoms with Crippen LogP contribution >= 0.6 is 0 Å². The number of benzene rings is 1. The molecule has 1 aromatic carbocycles. The van der Waals surface area contributed by atoms with Crippen LogP contribution in [0.1, 0.15) is 24.9 Å². The molecule has 0 fully saturated rings. The van der Waals surface area contributed by atoms with E-state index in [1.807, 2.05) is 18.9 Å². The molecule has 0 saturated carbocycles. The van der Waals surface area contributed by atoms with Crippen molar-refractivity contribution in [3.05, 3.63) is 35.4 Å². The molecule has 90 valence electrons. The van der Waals surface area contributed by atoms with Gasteiger partial charge in [0.1, 0.15) is 11.6 Å². The fourth-order valence-corrected chi connectivity index (χ4v) is 1.86. The Balaban J connectivity index is 3.03. The van der Waals surface area contributed by atoms with Gasteiger partial charge in [0, 0.05) is 12.1 Å². The van der Waals surface area contributed by atoms with Gasteiger partial charge in [0.15, 0.2) is 0 Å². The molecule has 2 N–H and O–H groups in total. The third kappa shape index (κ3) is 2.77. The van der Waals surface area contributed by atoms with Gasteiger partial charge >= 0.3 is 0 Å². The summed E-state index contributed by atoms with van der Waals surface area (Å²) < 4.78 is 27.1. The van der Waals surface area contributed by atoms with Crippen LogP contribution in [0, 0.1) is 11.6 Å². The fourth-order valence-electron chi connectivity index (χ4n) is 1.86. The molecule has 1 atom stereocenters. The molecular formula is C12H18F2N2. The second-order valence-electron chi connectivity index (χ2n) is 3.87. The van der Waals surface area contributed by atoms with Crippen molar-refractivity contribution in [2.45, 2.75) is 19.4 Å². The van der Waals surface area contributed by atoms with Gasteiger partial charge in [-0.2, -0.15) is 0 Å². The molecule has 2 nitrogen and oxygen atoms in total. The summed E-state index contributed by atoms with van der Waals surface area (Å²) in [7, 11) is 1.83. The van der Waals surface area contributed by atoms with E-state index in [2.05, 4.69) is 0 Å². The predicted octanol–water partition coefficient (Wildman–Crippen LogP) is 2.31. The van der Waals surface area contributed by atoms with Crippen LogP contribution in [0.5, 0.6) is 0 Å². The summed E-state index contributed by atoms with van der Waals surface area (Å²) in [4.78, 5) is 1.88. The molecule has 0 heterocycles. The third-order valence-corrected chi connectivity index (χ3v) is 2.66. The Kier molecular flexibility index (Phi) is 4.83. The van der Waals surface area contributed by atoms with Crippen LogP contribution in [-0.2, 0) is 0 Å². The second kappa shape index (κ2) is 5.92. The van der Waals surface area contributed by atoms with Crippen molar-refractivity contribution < 1.29 is 8.78 Å². The van der Waals surface area contributed by atoms with E-state index in [0.29, 0.717) is 0 Å². The Morgan fingerprint density at radius 1 is 1.31 bits per heavy atom. The Labute approximate surface area is 95.1 Å². The fraction of sp³-hybridized carbons (Fsp3) is 0.500. The number of rotatable bonds is 5. The van der Waals surface area contributed by atoms with Crippen LogP contribution in [0.3, 0.4) is 0 Å². The molecule has 0 amide bonds. The van der Waals surface area contributed by atoms with Gasteiger partial charge in [-0.1, -0.05) is 13.0 Å². The van der Waals surface area contributed by atoms with Crippen LogP contribution in [0.15, 0.2) is 18.2 Å². The van der Waals surface area contributed by atoms with Crippen LogP contribution in [0.2, 0.25) is 0 Å². The lowest BCUT2D eigenvalue weighted by molar-refractivity contribution is 0.239. The smallest absolute Gasteiger partial charge is 0.130 e. The molecule has 0 spiro atoms. The molecule has 0 aromatic heterocycles. The number of likely N-dealkylation sites (N-methyl/N-ethyl adjacent to an activating group) is 1. The maximum absolute atomic E-state index is 13.6. The minimum atomic E-state index is -0.529. The van der Waals surface area contributed by atoms with Gasteiger partial charge in [-0.25, -0.2) is 8.78 Å². The molecule has 1 aromatic rings. The number of nitrogens with two attached hydrogens (primary N) is 1. The van der Waals surface area contributed by atoms with Crippen LogP contribution < -0.4 is 5.73 Å². The van der Waals surface area contributed by atoms with Gasteiger partial charge in [-0.05, 0) is 32.1 Å². The van der Waals surface area contributed by atoms with Crippen molar-refractivity contribution in [2.75, 3.05) is 20.1 Å². The lowest BCUT2D eigenvalue weighted by Crippen LogP contribution is -2.32. The van der Waals surface area contributed by atoms with Gasteiger partial charge in [0.05, 0.1) is 6.04 Å². The normalized spacial score (nSPS) is 13.1. The van der Waals surface area contributed by atoms with Gasteiger partial charge in [0.25, 0.3) is 0 Å². The predicted molar refractivity (Wildman–Crippen MR) is 61.1 cm³/mol. The van der Waals surface area contributed by atoms with E-state index in [9.17, 15) is 8.78 Å². The maximum atomic E-state index is 13.6.